The van der Waals surface area contributed by atoms with Crippen molar-refractivity contribution in [2.45, 2.75) is 37.6 Å². The van der Waals surface area contributed by atoms with Crippen molar-refractivity contribution in [1.82, 2.24) is 14.9 Å². The van der Waals surface area contributed by atoms with Gasteiger partial charge in [-0.05, 0) is 61.6 Å². The first-order chi connectivity index (χ1) is 10.0. The van der Waals surface area contributed by atoms with Gasteiger partial charge >= 0.3 is 0 Å². The number of hydrogen-bond donors (Lipinski definition) is 1. The number of sulfonamides is 1. The smallest absolute Gasteiger partial charge is 0.207 e. The molecule has 0 bridgehead atoms. The van der Waals surface area contributed by atoms with Crippen molar-refractivity contribution < 1.29 is 8.42 Å². The van der Waals surface area contributed by atoms with Crippen molar-refractivity contribution in [3.05, 3.63) is 52.8 Å². The van der Waals surface area contributed by atoms with Gasteiger partial charge in [-0.1, -0.05) is 6.07 Å². The monoisotopic (exact) mass is 303 g/mol. The molecule has 3 rings (SSSR count). The number of aryl methyl sites for hydroxylation is 3. The van der Waals surface area contributed by atoms with Gasteiger partial charge in [0.25, 0.3) is 0 Å². The van der Waals surface area contributed by atoms with Gasteiger partial charge in [0.05, 0.1) is 22.8 Å². The molecule has 2 aromatic rings. The average Bonchev–Trinajstić information content (AvgIpc) is 2.94. The number of rotatable bonds is 4. The second kappa shape index (κ2) is 5.54. The molecule has 1 aliphatic rings. The molecule has 21 heavy (non-hydrogen) atoms. The van der Waals surface area contributed by atoms with Crippen LogP contribution in [0.5, 0.6) is 0 Å². The van der Waals surface area contributed by atoms with E-state index in [2.05, 4.69) is 14.9 Å². The number of benzene rings is 1. The van der Waals surface area contributed by atoms with Crippen molar-refractivity contribution in [2.75, 3.05) is 0 Å². The summed E-state index contributed by atoms with van der Waals surface area (Å²) in [5.74, 6) is 0. The lowest BCUT2D eigenvalue weighted by atomic mass is 10.1. The van der Waals surface area contributed by atoms with Crippen molar-refractivity contribution in [2.24, 2.45) is 0 Å². The standard InChI is InChI=1S/C15H17N3O2S/c1-11-5-7-14(18-17-11)10-16-21(19,20)15-8-6-12-3-2-4-13(12)9-15/h5-9,16H,2-4,10H2,1H3. The fourth-order valence-electron chi connectivity index (χ4n) is 2.49. The Balaban J connectivity index is 1.76. The molecule has 1 aromatic heterocycles. The van der Waals surface area contributed by atoms with Gasteiger partial charge in [0.15, 0.2) is 0 Å². The second-order valence-electron chi connectivity index (χ2n) is 5.27. The molecule has 0 unspecified atom stereocenters. The van der Waals surface area contributed by atoms with Gasteiger partial charge in [-0.25, -0.2) is 13.1 Å². The van der Waals surface area contributed by atoms with Crippen LogP contribution in [0, 0.1) is 6.92 Å². The number of nitrogens with one attached hydrogen (secondary N) is 1. The highest BCUT2D eigenvalue weighted by Crippen LogP contribution is 2.24. The van der Waals surface area contributed by atoms with E-state index in [1.165, 1.54) is 5.56 Å². The van der Waals surface area contributed by atoms with E-state index in [0.717, 1.165) is 30.5 Å². The maximum atomic E-state index is 12.3. The van der Waals surface area contributed by atoms with Gasteiger partial charge in [0.1, 0.15) is 0 Å². The first-order valence-electron chi connectivity index (χ1n) is 6.95. The molecule has 0 aliphatic heterocycles. The molecule has 0 amide bonds. The summed E-state index contributed by atoms with van der Waals surface area (Å²) in [4.78, 5) is 0.322. The van der Waals surface area contributed by atoms with Crippen LogP contribution in [0.3, 0.4) is 0 Å². The quantitative estimate of drug-likeness (QED) is 0.934. The Morgan fingerprint density at radius 2 is 1.90 bits per heavy atom. The Morgan fingerprint density at radius 1 is 1.10 bits per heavy atom. The highest BCUT2D eigenvalue weighted by molar-refractivity contribution is 7.89. The van der Waals surface area contributed by atoms with Crippen molar-refractivity contribution in [1.29, 1.82) is 0 Å². The molecule has 1 heterocycles. The van der Waals surface area contributed by atoms with Gasteiger partial charge in [-0.2, -0.15) is 10.2 Å². The van der Waals surface area contributed by atoms with E-state index in [9.17, 15) is 8.42 Å². The van der Waals surface area contributed by atoms with Crippen LogP contribution in [0.1, 0.15) is 28.9 Å². The Morgan fingerprint density at radius 3 is 2.67 bits per heavy atom. The maximum Gasteiger partial charge on any atom is 0.240 e. The minimum Gasteiger partial charge on any atom is -0.207 e. The van der Waals surface area contributed by atoms with Gasteiger partial charge in [-0.15, -0.1) is 0 Å². The van der Waals surface area contributed by atoms with Gasteiger partial charge < -0.3 is 0 Å². The van der Waals surface area contributed by atoms with Crippen LogP contribution in [-0.2, 0) is 29.4 Å². The lowest BCUT2D eigenvalue weighted by molar-refractivity contribution is 0.579. The van der Waals surface area contributed by atoms with E-state index in [1.54, 1.807) is 18.2 Å². The SMILES string of the molecule is Cc1ccc(CNS(=O)(=O)c2ccc3c(c2)CCC3)nn1. The number of aromatic nitrogens is 2. The highest BCUT2D eigenvalue weighted by atomic mass is 32.2. The zero-order chi connectivity index (χ0) is 14.9. The summed E-state index contributed by atoms with van der Waals surface area (Å²) in [5, 5.41) is 7.87. The lowest BCUT2D eigenvalue weighted by Crippen LogP contribution is -2.24. The predicted molar refractivity (Wildman–Crippen MR) is 79.3 cm³/mol. The average molecular weight is 303 g/mol. The molecule has 0 radical (unpaired) electrons. The molecule has 6 heteroatoms. The zero-order valence-electron chi connectivity index (χ0n) is 11.8. The molecular weight excluding hydrogens is 286 g/mol. The Bertz CT molecular complexity index is 755. The van der Waals surface area contributed by atoms with Crippen LogP contribution >= 0.6 is 0 Å². The van der Waals surface area contributed by atoms with E-state index in [0.29, 0.717) is 10.6 Å². The summed E-state index contributed by atoms with van der Waals surface area (Å²) in [6, 6.07) is 8.96. The van der Waals surface area contributed by atoms with E-state index in [-0.39, 0.29) is 6.54 Å². The van der Waals surface area contributed by atoms with E-state index >= 15 is 0 Å². The first kappa shape index (κ1) is 14.2. The van der Waals surface area contributed by atoms with E-state index in [4.69, 9.17) is 0 Å². The minimum atomic E-state index is -3.51. The summed E-state index contributed by atoms with van der Waals surface area (Å²) in [6.45, 7) is 1.98. The fourth-order valence-corrected chi connectivity index (χ4v) is 3.54. The molecule has 0 saturated carbocycles. The van der Waals surface area contributed by atoms with Gasteiger partial charge in [-0.3, -0.25) is 0 Å². The lowest BCUT2D eigenvalue weighted by Gasteiger charge is -2.08. The van der Waals surface area contributed by atoms with Crippen molar-refractivity contribution in [3.63, 3.8) is 0 Å². The molecule has 1 aliphatic carbocycles. The van der Waals surface area contributed by atoms with E-state index in [1.807, 2.05) is 19.1 Å². The van der Waals surface area contributed by atoms with Crippen molar-refractivity contribution in [3.8, 4) is 0 Å². The van der Waals surface area contributed by atoms with Crippen LogP contribution in [-0.4, -0.2) is 18.6 Å². The summed E-state index contributed by atoms with van der Waals surface area (Å²) < 4.78 is 27.2. The molecule has 0 spiro atoms. The second-order valence-corrected chi connectivity index (χ2v) is 7.04. The topological polar surface area (TPSA) is 72.0 Å². The van der Waals surface area contributed by atoms with Crippen LogP contribution in [0.2, 0.25) is 0 Å². The number of nitrogens with zero attached hydrogens (tertiary/aromatic N) is 2. The number of hydrogen-bond acceptors (Lipinski definition) is 4. The Labute approximate surface area is 124 Å². The molecule has 5 nitrogen and oxygen atoms in total. The highest BCUT2D eigenvalue weighted by Gasteiger charge is 2.18. The van der Waals surface area contributed by atoms with Crippen LogP contribution in [0.4, 0.5) is 0 Å². The fraction of sp³-hybridized carbons (Fsp3) is 0.333. The third-order valence-electron chi connectivity index (χ3n) is 3.68. The van der Waals surface area contributed by atoms with Gasteiger partial charge in [0, 0.05) is 0 Å². The summed E-state index contributed by atoms with van der Waals surface area (Å²) in [5.41, 5.74) is 3.82. The molecule has 110 valence electrons. The minimum absolute atomic E-state index is 0.146. The van der Waals surface area contributed by atoms with Gasteiger partial charge in [0.2, 0.25) is 10.0 Å². The molecule has 1 N–H and O–H groups in total. The summed E-state index contributed by atoms with van der Waals surface area (Å²) >= 11 is 0. The molecule has 1 aromatic carbocycles. The molecule has 0 fully saturated rings. The third-order valence-corrected chi connectivity index (χ3v) is 5.08. The normalized spacial score (nSPS) is 14.1. The first-order valence-corrected chi connectivity index (χ1v) is 8.43. The molecule has 0 atom stereocenters. The van der Waals surface area contributed by atoms with Crippen LogP contribution in [0.15, 0.2) is 35.2 Å². The summed E-state index contributed by atoms with van der Waals surface area (Å²) in [6.07, 6.45) is 3.11. The maximum absolute atomic E-state index is 12.3. The van der Waals surface area contributed by atoms with E-state index < -0.39 is 10.0 Å². The molecule has 0 saturated heterocycles. The molecular formula is C15H17N3O2S. The van der Waals surface area contributed by atoms with Crippen LogP contribution in [0.25, 0.3) is 0 Å². The number of fused-ring (bicyclic) bond motifs is 1. The van der Waals surface area contributed by atoms with Crippen LogP contribution < -0.4 is 4.72 Å². The largest absolute Gasteiger partial charge is 0.240 e. The predicted octanol–water partition coefficient (Wildman–Crippen LogP) is 1.75. The van der Waals surface area contributed by atoms with Crippen molar-refractivity contribution >= 4 is 10.0 Å². The zero-order valence-corrected chi connectivity index (χ0v) is 12.7. The summed E-state index contributed by atoms with van der Waals surface area (Å²) in [7, 11) is -3.51. The Kier molecular flexibility index (Phi) is 3.73. The third kappa shape index (κ3) is 3.11. The Hall–Kier alpha value is -1.79.